The van der Waals surface area contributed by atoms with Gasteiger partial charge in [-0.1, -0.05) is 6.07 Å². The third kappa shape index (κ3) is 7.42. The molecule has 0 aliphatic heterocycles. The van der Waals surface area contributed by atoms with E-state index in [-0.39, 0.29) is 0 Å². The van der Waals surface area contributed by atoms with Crippen molar-refractivity contribution >= 4 is 43.6 Å². The average Bonchev–Trinajstić information content (AvgIpc) is 3.86. The van der Waals surface area contributed by atoms with Crippen LogP contribution < -0.4 is 0 Å². The number of benzene rings is 5. The molecular weight excluding hydrogens is 897 g/mol. The summed E-state index contributed by atoms with van der Waals surface area (Å²) in [5.41, 5.74) is 10.2. The number of nitrogens with zero attached hydrogens (tertiary/aromatic N) is 16. The molecule has 0 fully saturated rings. The van der Waals surface area contributed by atoms with Gasteiger partial charge in [-0.05, 0) is 152 Å². The lowest BCUT2D eigenvalue weighted by molar-refractivity contribution is 0.928. The van der Waals surface area contributed by atoms with Gasteiger partial charge < -0.3 is 9.13 Å². The maximum atomic E-state index is 11.1. The molecule has 0 bridgehead atoms. The van der Waals surface area contributed by atoms with Crippen molar-refractivity contribution in [3.05, 3.63) is 161 Å². The highest BCUT2D eigenvalue weighted by atomic mass is 15.1. The van der Waals surface area contributed by atoms with Crippen molar-refractivity contribution in [3.8, 4) is 74.3 Å². The molecular formula is C56H42N16. The fourth-order valence-electron chi connectivity index (χ4n) is 9.94. The van der Waals surface area contributed by atoms with E-state index in [1.54, 1.807) is 6.20 Å². The van der Waals surface area contributed by atoms with E-state index in [0.29, 0.717) is 86.7 Å². The Morgan fingerprint density at radius 2 is 0.681 bits per heavy atom. The predicted molar refractivity (Wildman–Crippen MR) is 276 cm³/mol. The number of pyridine rings is 1. The minimum absolute atomic E-state index is 0.453. The lowest BCUT2D eigenvalue weighted by atomic mass is 10.00. The Labute approximate surface area is 412 Å². The summed E-state index contributed by atoms with van der Waals surface area (Å²) in [7, 11) is 0. The number of rotatable bonds is 7. The molecule has 12 rings (SSSR count). The SMILES string of the molecule is Cc1nc(C)nc(-c2ccc3c(c2)c2cc(-c4nc(C)nc(C)n4)ccc2n3-c2cccnc2-c2c(C#N)cccc2-n2c3ccc(-c4nc(C)nc(C)n4)cc3c3cc(-c4nc(C)nc(C)n4)ccc32)n1. The van der Waals surface area contributed by atoms with Crippen LogP contribution in [0.25, 0.3) is 112 Å². The van der Waals surface area contributed by atoms with Crippen molar-refractivity contribution in [3.63, 3.8) is 0 Å². The third-order valence-electron chi connectivity index (χ3n) is 12.7. The second kappa shape index (κ2) is 16.8. The third-order valence-corrected chi connectivity index (χ3v) is 12.7. The van der Waals surface area contributed by atoms with Gasteiger partial charge in [0.15, 0.2) is 23.3 Å². The van der Waals surface area contributed by atoms with Gasteiger partial charge in [-0.3, -0.25) is 4.98 Å². The molecule has 16 heteroatoms. The molecule has 0 atom stereocenters. The molecule has 0 amide bonds. The summed E-state index contributed by atoms with van der Waals surface area (Å²) in [5.74, 6) is 7.42. The van der Waals surface area contributed by atoms with Gasteiger partial charge in [-0.2, -0.15) is 5.26 Å². The molecule has 0 N–H and O–H groups in total. The largest absolute Gasteiger partial charge is 0.309 e. The molecule has 0 saturated carbocycles. The molecule has 12 aromatic rings. The van der Waals surface area contributed by atoms with E-state index in [4.69, 9.17) is 44.9 Å². The van der Waals surface area contributed by atoms with Crippen LogP contribution in [-0.2, 0) is 0 Å². The second-order valence-electron chi connectivity index (χ2n) is 17.8. The molecule has 0 spiro atoms. The van der Waals surface area contributed by atoms with Crippen LogP contribution in [0.15, 0.2) is 109 Å². The van der Waals surface area contributed by atoms with E-state index < -0.39 is 0 Å². The molecule has 0 unspecified atom stereocenters. The molecule has 0 aliphatic rings. The quantitative estimate of drug-likeness (QED) is 0.146. The highest BCUT2D eigenvalue weighted by Gasteiger charge is 2.25. The van der Waals surface area contributed by atoms with Crippen molar-refractivity contribution in [2.45, 2.75) is 55.4 Å². The first kappa shape index (κ1) is 43.6. The maximum absolute atomic E-state index is 11.1. The van der Waals surface area contributed by atoms with E-state index >= 15 is 0 Å². The predicted octanol–water partition coefficient (Wildman–Crippen LogP) is 10.7. The topological polar surface area (TPSA) is 201 Å². The van der Waals surface area contributed by atoms with Crippen LogP contribution in [0.1, 0.15) is 52.2 Å². The van der Waals surface area contributed by atoms with Crippen molar-refractivity contribution in [2.75, 3.05) is 0 Å². The highest BCUT2D eigenvalue weighted by Crippen LogP contribution is 2.43. The van der Waals surface area contributed by atoms with Gasteiger partial charge in [-0.25, -0.2) is 59.8 Å². The molecule has 5 aromatic carbocycles. The van der Waals surface area contributed by atoms with Crippen LogP contribution >= 0.6 is 0 Å². The minimum Gasteiger partial charge on any atom is -0.309 e. The van der Waals surface area contributed by atoms with Crippen LogP contribution in [0.5, 0.6) is 0 Å². The van der Waals surface area contributed by atoms with Crippen molar-refractivity contribution in [2.24, 2.45) is 0 Å². The highest BCUT2D eigenvalue weighted by molar-refractivity contribution is 6.13. The fraction of sp³-hybridized carbons (Fsp3) is 0.143. The summed E-state index contributed by atoms with van der Waals surface area (Å²) >= 11 is 0. The Balaban J connectivity index is 1.12. The van der Waals surface area contributed by atoms with Gasteiger partial charge in [0.05, 0.1) is 50.8 Å². The van der Waals surface area contributed by atoms with E-state index in [1.807, 2.05) is 97.9 Å². The zero-order valence-corrected chi connectivity index (χ0v) is 40.5. The van der Waals surface area contributed by atoms with E-state index in [2.05, 4.69) is 95.8 Å². The number of aryl methyl sites for hydroxylation is 8. The lowest BCUT2D eigenvalue weighted by Gasteiger charge is -2.18. The van der Waals surface area contributed by atoms with Crippen LogP contribution in [0.4, 0.5) is 0 Å². The van der Waals surface area contributed by atoms with Crippen LogP contribution in [0, 0.1) is 66.7 Å². The van der Waals surface area contributed by atoms with Crippen molar-refractivity contribution < 1.29 is 0 Å². The molecule has 7 heterocycles. The van der Waals surface area contributed by atoms with Crippen LogP contribution in [0.3, 0.4) is 0 Å². The smallest absolute Gasteiger partial charge is 0.163 e. The van der Waals surface area contributed by atoms with Crippen molar-refractivity contribution in [1.82, 2.24) is 73.9 Å². The number of aromatic nitrogens is 15. The zero-order valence-electron chi connectivity index (χ0n) is 40.5. The van der Waals surface area contributed by atoms with Gasteiger partial charge in [0, 0.05) is 55.6 Å². The second-order valence-corrected chi connectivity index (χ2v) is 17.8. The monoisotopic (exact) mass is 938 g/mol. The molecule has 346 valence electrons. The van der Waals surface area contributed by atoms with Crippen molar-refractivity contribution in [1.29, 1.82) is 5.26 Å². The Hall–Kier alpha value is -9.62. The normalized spacial score (nSPS) is 11.6. The van der Waals surface area contributed by atoms with E-state index in [9.17, 15) is 5.26 Å². The number of nitriles is 1. The summed E-state index contributed by atoms with van der Waals surface area (Å²) in [6, 6.07) is 37.4. The van der Waals surface area contributed by atoms with Gasteiger partial charge in [-0.15, -0.1) is 0 Å². The van der Waals surface area contributed by atoms with E-state index in [0.717, 1.165) is 77.2 Å². The van der Waals surface area contributed by atoms with Gasteiger partial charge in [0.1, 0.15) is 46.6 Å². The Bertz CT molecular complexity index is 4000. The molecule has 72 heavy (non-hydrogen) atoms. The summed E-state index contributed by atoms with van der Waals surface area (Å²) in [6.07, 6.45) is 1.78. The lowest BCUT2D eigenvalue weighted by Crippen LogP contribution is -2.05. The first-order valence-electron chi connectivity index (χ1n) is 23.3. The molecule has 0 saturated heterocycles. The number of hydrogen-bond donors (Lipinski definition) is 0. The number of fused-ring (bicyclic) bond motifs is 6. The summed E-state index contributed by atoms with van der Waals surface area (Å²) in [6.45, 7) is 15.0. The van der Waals surface area contributed by atoms with E-state index in [1.165, 1.54) is 0 Å². The number of hydrogen-bond acceptors (Lipinski definition) is 14. The summed E-state index contributed by atoms with van der Waals surface area (Å²) in [4.78, 5) is 60.8. The minimum atomic E-state index is 0.453. The van der Waals surface area contributed by atoms with Crippen LogP contribution in [0.2, 0.25) is 0 Å². The summed E-state index contributed by atoms with van der Waals surface area (Å²) in [5, 5.41) is 14.9. The molecule has 0 aliphatic carbocycles. The Kier molecular flexibility index (Phi) is 10.2. The Morgan fingerprint density at radius 1 is 0.361 bits per heavy atom. The first-order chi connectivity index (χ1) is 34.9. The molecule has 0 radical (unpaired) electrons. The summed E-state index contributed by atoms with van der Waals surface area (Å²) < 4.78 is 4.43. The van der Waals surface area contributed by atoms with Gasteiger partial charge in [0.2, 0.25) is 0 Å². The molecule has 16 nitrogen and oxygen atoms in total. The zero-order chi connectivity index (χ0) is 49.5. The van der Waals surface area contributed by atoms with Crippen LogP contribution in [-0.4, -0.2) is 73.9 Å². The van der Waals surface area contributed by atoms with Gasteiger partial charge in [0.25, 0.3) is 0 Å². The fourth-order valence-corrected chi connectivity index (χ4v) is 9.94. The Morgan fingerprint density at radius 3 is 1.01 bits per heavy atom. The van der Waals surface area contributed by atoms with Gasteiger partial charge >= 0.3 is 0 Å². The standard InChI is InChI=1S/C56H42N16/c1-28-59-29(2)64-53(63-28)36-14-18-45-41(23-36)42-24-37(54-65-30(3)60-31(4)66-54)15-19-46(42)71(45)49-12-9-11-40(27-57)51(49)52-50(13-10-22-58-52)72-47-20-16-38(55-67-32(5)61-33(6)68-55)25-43(47)44-26-39(17-21-48(44)72)56-69-34(7)62-35(8)70-56/h9-26H,1-8H3. The first-order valence-corrected chi connectivity index (χ1v) is 23.3. The average molecular weight is 939 g/mol. The molecule has 7 aromatic heterocycles. The maximum Gasteiger partial charge on any atom is 0.163 e.